The minimum Gasteiger partial charge on any atom is -0.377 e. The van der Waals surface area contributed by atoms with E-state index in [2.05, 4.69) is 36.6 Å². The van der Waals surface area contributed by atoms with E-state index in [1.54, 1.807) is 11.3 Å². The second-order valence-electron chi connectivity index (χ2n) is 2.80. The summed E-state index contributed by atoms with van der Waals surface area (Å²) in [4.78, 5) is 0. The van der Waals surface area contributed by atoms with Crippen molar-refractivity contribution in [2.75, 3.05) is 6.61 Å². The molecule has 1 aromatic carbocycles. The Kier molecular flexibility index (Phi) is 2.62. The highest BCUT2D eigenvalue weighted by Crippen LogP contribution is 2.24. The maximum Gasteiger partial charge on any atom is 0.0723 e. The van der Waals surface area contributed by atoms with E-state index in [-0.39, 0.29) is 0 Å². The topological polar surface area (TPSA) is 9.23 Å². The van der Waals surface area contributed by atoms with Crippen molar-refractivity contribution < 1.29 is 4.74 Å². The van der Waals surface area contributed by atoms with E-state index in [0.717, 1.165) is 0 Å². The summed E-state index contributed by atoms with van der Waals surface area (Å²) in [6, 6.07) is 8.45. The van der Waals surface area contributed by atoms with E-state index in [9.17, 15) is 0 Å². The highest BCUT2D eigenvalue weighted by molar-refractivity contribution is 7.17. The lowest BCUT2D eigenvalue weighted by Gasteiger charge is -2.02. The Morgan fingerprint density at radius 1 is 1.31 bits per heavy atom. The molecule has 2 aromatic rings. The molecule has 1 heterocycles. The molecule has 0 saturated carbocycles. The predicted octanol–water partition coefficient (Wildman–Crippen LogP) is 3.25. The normalized spacial score (nSPS) is 10.8. The first-order valence-corrected chi connectivity index (χ1v) is 5.12. The fourth-order valence-electron chi connectivity index (χ4n) is 1.36. The molecule has 0 fully saturated rings. The van der Waals surface area contributed by atoms with Gasteiger partial charge >= 0.3 is 0 Å². The molecule has 1 nitrogen and oxygen atoms in total. The van der Waals surface area contributed by atoms with Crippen LogP contribution in [-0.4, -0.2) is 6.61 Å². The van der Waals surface area contributed by atoms with Crippen LogP contribution in [0.15, 0.2) is 29.6 Å². The molecule has 0 unspecified atom stereocenters. The van der Waals surface area contributed by atoms with Gasteiger partial charge in [-0.05, 0) is 35.4 Å². The van der Waals surface area contributed by atoms with Crippen molar-refractivity contribution in [1.82, 2.24) is 0 Å². The van der Waals surface area contributed by atoms with Crippen molar-refractivity contribution in [2.45, 2.75) is 6.61 Å². The van der Waals surface area contributed by atoms with Crippen LogP contribution in [0.1, 0.15) is 5.56 Å². The summed E-state index contributed by atoms with van der Waals surface area (Å²) in [7, 11) is 0. The van der Waals surface area contributed by atoms with E-state index >= 15 is 0 Å². The molecule has 1 aromatic heterocycles. The van der Waals surface area contributed by atoms with Crippen LogP contribution in [0.25, 0.3) is 10.1 Å². The van der Waals surface area contributed by atoms with Gasteiger partial charge in [0, 0.05) is 11.3 Å². The summed E-state index contributed by atoms with van der Waals surface area (Å²) in [5.74, 6) is 0. The molecule has 0 saturated heterocycles. The number of fused-ring (bicyclic) bond motifs is 1. The first-order valence-electron chi connectivity index (χ1n) is 4.24. The maximum absolute atomic E-state index is 5.29. The summed E-state index contributed by atoms with van der Waals surface area (Å²) in [6.45, 7) is 4.84. The zero-order chi connectivity index (χ0) is 9.10. The Bertz CT molecular complexity index is 392. The second-order valence-corrected chi connectivity index (χ2v) is 3.75. The Hall–Kier alpha value is -0.860. The molecule has 0 atom stereocenters. The quantitative estimate of drug-likeness (QED) is 0.723. The second kappa shape index (κ2) is 3.90. The van der Waals surface area contributed by atoms with Crippen molar-refractivity contribution in [3.8, 4) is 0 Å². The van der Waals surface area contributed by atoms with E-state index in [1.807, 2.05) is 0 Å². The average molecular weight is 191 g/mol. The van der Waals surface area contributed by atoms with E-state index in [1.165, 1.54) is 15.6 Å². The summed E-state index contributed by atoms with van der Waals surface area (Å²) in [6.07, 6.45) is 0. The number of ether oxygens (including phenoxy) is 1. The van der Waals surface area contributed by atoms with Crippen molar-refractivity contribution in [1.29, 1.82) is 0 Å². The molecule has 1 radical (unpaired) electrons. The van der Waals surface area contributed by atoms with Gasteiger partial charge in [-0.15, -0.1) is 11.3 Å². The van der Waals surface area contributed by atoms with Crippen molar-refractivity contribution >= 4 is 21.4 Å². The Labute approximate surface area is 82.0 Å². The minimum atomic E-state index is 0.528. The van der Waals surface area contributed by atoms with Crippen molar-refractivity contribution in [2.24, 2.45) is 0 Å². The first kappa shape index (κ1) is 8.73. The molecule has 67 valence electrons. The van der Waals surface area contributed by atoms with Crippen LogP contribution in [0.3, 0.4) is 0 Å². The van der Waals surface area contributed by atoms with Crippen LogP contribution >= 0.6 is 11.3 Å². The molecule has 0 aliphatic heterocycles. The Morgan fingerprint density at radius 2 is 2.23 bits per heavy atom. The zero-order valence-electron chi connectivity index (χ0n) is 7.32. The van der Waals surface area contributed by atoms with Gasteiger partial charge in [0.2, 0.25) is 0 Å². The van der Waals surface area contributed by atoms with Crippen LogP contribution in [0.4, 0.5) is 0 Å². The zero-order valence-corrected chi connectivity index (χ0v) is 8.14. The number of benzene rings is 1. The fourth-order valence-corrected chi connectivity index (χ4v) is 2.20. The summed E-state index contributed by atoms with van der Waals surface area (Å²) >= 11 is 1.76. The van der Waals surface area contributed by atoms with Gasteiger partial charge in [-0.1, -0.05) is 12.1 Å². The van der Waals surface area contributed by atoms with Gasteiger partial charge in [-0.25, -0.2) is 0 Å². The largest absolute Gasteiger partial charge is 0.377 e. The fraction of sp³-hybridized carbons (Fsp3) is 0.182. The van der Waals surface area contributed by atoms with Gasteiger partial charge in [0.05, 0.1) is 6.61 Å². The van der Waals surface area contributed by atoms with Crippen LogP contribution in [0.5, 0.6) is 0 Å². The van der Waals surface area contributed by atoms with Crippen LogP contribution < -0.4 is 0 Å². The average Bonchev–Trinajstić information content (AvgIpc) is 2.62. The van der Waals surface area contributed by atoms with E-state index < -0.39 is 0 Å². The standard InChI is InChI=1S/C11H11OS/c1-2-12-8-9-4-3-5-11-10(9)6-7-13-11/h3-7H,1-2,8H2. The number of thiophene rings is 1. The van der Waals surface area contributed by atoms with Crippen molar-refractivity contribution in [3.05, 3.63) is 42.1 Å². The summed E-state index contributed by atoms with van der Waals surface area (Å²) in [5, 5.41) is 3.42. The van der Waals surface area contributed by atoms with Crippen LogP contribution in [0.2, 0.25) is 0 Å². The third kappa shape index (κ3) is 1.74. The number of hydrogen-bond donors (Lipinski definition) is 0. The summed E-state index contributed by atoms with van der Waals surface area (Å²) in [5.41, 5.74) is 1.25. The lowest BCUT2D eigenvalue weighted by Crippen LogP contribution is -1.91. The van der Waals surface area contributed by atoms with Gasteiger partial charge in [0.25, 0.3) is 0 Å². The van der Waals surface area contributed by atoms with Gasteiger partial charge in [0.1, 0.15) is 0 Å². The van der Waals surface area contributed by atoms with Gasteiger partial charge in [-0.2, -0.15) is 0 Å². The molecule has 0 bridgehead atoms. The highest BCUT2D eigenvalue weighted by atomic mass is 32.1. The Morgan fingerprint density at radius 3 is 3.08 bits per heavy atom. The molecule has 13 heavy (non-hydrogen) atoms. The van der Waals surface area contributed by atoms with Crippen LogP contribution in [-0.2, 0) is 11.3 Å². The van der Waals surface area contributed by atoms with Crippen LogP contribution in [0, 0.1) is 6.92 Å². The number of rotatable bonds is 3. The molecule has 0 spiro atoms. The molecule has 2 rings (SSSR count). The van der Waals surface area contributed by atoms with E-state index in [4.69, 9.17) is 4.74 Å². The molecule has 0 aliphatic rings. The van der Waals surface area contributed by atoms with Gasteiger partial charge in [-0.3, -0.25) is 0 Å². The monoisotopic (exact) mass is 191 g/mol. The van der Waals surface area contributed by atoms with E-state index in [0.29, 0.717) is 13.2 Å². The van der Waals surface area contributed by atoms with Gasteiger partial charge < -0.3 is 4.74 Å². The molecular formula is C11H11OS. The lowest BCUT2D eigenvalue weighted by molar-refractivity contribution is 0.148. The molecule has 2 heteroatoms. The lowest BCUT2D eigenvalue weighted by atomic mass is 10.1. The molecular weight excluding hydrogens is 180 g/mol. The number of hydrogen-bond acceptors (Lipinski definition) is 2. The molecule has 0 N–H and O–H groups in total. The third-order valence-electron chi connectivity index (χ3n) is 1.99. The Balaban J connectivity index is 2.37. The minimum absolute atomic E-state index is 0.528. The SMILES string of the molecule is [CH2]COCc1cccc2sccc12. The first-order chi connectivity index (χ1) is 6.42. The summed E-state index contributed by atoms with van der Waals surface area (Å²) < 4.78 is 6.61. The highest BCUT2D eigenvalue weighted by Gasteiger charge is 2.00. The third-order valence-corrected chi connectivity index (χ3v) is 2.87. The maximum atomic E-state index is 5.29. The molecule has 0 amide bonds. The smallest absolute Gasteiger partial charge is 0.0723 e. The molecule has 0 aliphatic carbocycles. The van der Waals surface area contributed by atoms with Gasteiger partial charge in [0.15, 0.2) is 0 Å². The van der Waals surface area contributed by atoms with Crippen molar-refractivity contribution in [3.63, 3.8) is 0 Å². The predicted molar refractivity (Wildman–Crippen MR) is 56.8 cm³/mol.